The Morgan fingerprint density at radius 1 is 0.422 bits per heavy atom. The molecule has 3 aromatic heterocycles. The molecule has 0 atom stereocenters. The van der Waals surface area contributed by atoms with Crippen molar-refractivity contribution in [2.45, 2.75) is 0 Å². The van der Waals surface area contributed by atoms with E-state index in [9.17, 15) is 0 Å². The Bertz CT molecular complexity index is 2610. The van der Waals surface area contributed by atoms with E-state index in [0.29, 0.717) is 0 Å². The largest absolute Gasteiger partial charge is 0.454 e. The zero-order chi connectivity index (χ0) is 29.5. The molecular formula is C42H26N2O. The standard InChI is InChI=1S/C42H26N2O/c1-2-11-27(12-3-1)28-21-23-29(24-22-28)43(39-19-10-16-34-33-15-6-9-20-40(33)45-42(34)39)30-25-35-31-13-4-7-17-37(31)44-38-18-8-5-14-32(38)36(26-30)41(35)44/h1-26H. The predicted molar refractivity (Wildman–Crippen MR) is 188 cm³/mol. The third kappa shape index (κ3) is 3.46. The van der Waals surface area contributed by atoms with E-state index in [1.54, 1.807) is 0 Å². The van der Waals surface area contributed by atoms with Crippen molar-refractivity contribution in [3.05, 3.63) is 158 Å². The van der Waals surface area contributed by atoms with Gasteiger partial charge in [-0.2, -0.15) is 0 Å². The Morgan fingerprint density at radius 3 is 1.71 bits per heavy atom. The third-order valence-electron chi connectivity index (χ3n) is 9.30. The number of hydrogen-bond acceptors (Lipinski definition) is 2. The van der Waals surface area contributed by atoms with Crippen molar-refractivity contribution in [3.8, 4) is 11.1 Å². The molecule has 210 valence electrons. The minimum absolute atomic E-state index is 0.880. The summed E-state index contributed by atoms with van der Waals surface area (Å²) < 4.78 is 9.05. The lowest BCUT2D eigenvalue weighted by Gasteiger charge is -2.26. The molecule has 0 saturated carbocycles. The first-order valence-corrected chi connectivity index (χ1v) is 15.4. The van der Waals surface area contributed by atoms with E-state index in [4.69, 9.17) is 4.42 Å². The van der Waals surface area contributed by atoms with Gasteiger partial charge in [-0.15, -0.1) is 0 Å². The lowest BCUT2D eigenvalue weighted by Crippen LogP contribution is -2.10. The number of hydrogen-bond donors (Lipinski definition) is 0. The highest BCUT2D eigenvalue weighted by Crippen LogP contribution is 2.47. The molecule has 0 bridgehead atoms. The first kappa shape index (κ1) is 24.4. The van der Waals surface area contributed by atoms with Gasteiger partial charge in [-0.3, -0.25) is 0 Å². The molecule has 0 aliphatic heterocycles. The molecule has 0 N–H and O–H groups in total. The zero-order valence-electron chi connectivity index (χ0n) is 24.3. The van der Waals surface area contributed by atoms with Crippen molar-refractivity contribution < 1.29 is 4.42 Å². The number of para-hydroxylation sites is 4. The average molecular weight is 575 g/mol. The quantitative estimate of drug-likeness (QED) is 0.208. The highest BCUT2D eigenvalue weighted by molar-refractivity contribution is 6.24. The average Bonchev–Trinajstić information content (AvgIpc) is 3.76. The van der Waals surface area contributed by atoms with E-state index < -0.39 is 0 Å². The van der Waals surface area contributed by atoms with Crippen LogP contribution in [0.3, 0.4) is 0 Å². The molecule has 3 heterocycles. The molecule has 3 heteroatoms. The van der Waals surface area contributed by atoms with Crippen LogP contribution in [0.25, 0.3) is 71.2 Å². The van der Waals surface area contributed by atoms with Gasteiger partial charge in [-0.1, -0.05) is 109 Å². The van der Waals surface area contributed by atoms with Crippen LogP contribution in [0.5, 0.6) is 0 Å². The molecule has 10 rings (SSSR count). The zero-order valence-corrected chi connectivity index (χ0v) is 24.3. The lowest BCUT2D eigenvalue weighted by molar-refractivity contribution is 0.669. The molecule has 10 aromatic rings. The summed E-state index contributed by atoms with van der Waals surface area (Å²) in [5, 5.41) is 7.24. The summed E-state index contributed by atoms with van der Waals surface area (Å²) >= 11 is 0. The molecule has 0 amide bonds. The molecule has 0 unspecified atom stereocenters. The van der Waals surface area contributed by atoms with Gasteiger partial charge >= 0.3 is 0 Å². The van der Waals surface area contributed by atoms with Crippen LogP contribution in [0.4, 0.5) is 17.1 Å². The SMILES string of the molecule is c1ccc(-c2ccc(N(c3cc4c5ccccc5n5c6ccccc6c(c3)c45)c3cccc4c3oc3ccccc34)cc2)cc1. The highest BCUT2D eigenvalue weighted by atomic mass is 16.3. The number of rotatable bonds is 4. The Kier molecular flexibility index (Phi) is 5.00. The second-order valence-corrected chi connectivity index (χ2v) is 11.8. The van der Waals surface area contributed by atoms with Crippen molar-refractivity contribution in [2.75, 3.05) is 4.90 Å². The van der Waals surface area contributed by atoms with Crippen molar-refractivity contribution in [3.63, 3.8) is 0 Å². The fourth-order valence-electron chi connectivity index (χ4n) is 7.33. The fourth-order valence-corrected chi connectivity index (χ4v) is 7.33. The van der Waals surface area contributed by atoms with Crippen LogP contribution in [0.15, 0.2) is 162 Å². The molecule has 45 heavy (non-hydrogen) atoms. The second kappa shape index (κ2) is 9.22. The lowest BCUT2D eigenvalue weighted by atomic mass is 10.0. The van der Waals surface area contributed by atoms with Crippen molar-refractivity contribution in [1.82, 2.24) is 4.40 Å². The smallest absolute Gasteiger partial charge is 0.159 e. The summed E-state index contributed by atoms with van der Waals surface area (Å²) in [5.74, 6) is 0. The van der Waals surface area contributed by atoms with Crippen LogP contribution in [0, 0.1) is 0 Å². The topological polar surface area (TPSA) is 20.8 Å². The van der Waals surface area contributed by atoms with Gasteiger partial charge in [0.1, 0.15) is 5.58 Å². The summed E-state index contributed by atoms with van der Waals surface area (Å²) in [7, 11) is 0. The van der Waals surface area contributed by atoms with Gasteiger partial charge in [0.2, 0.25) is 0 Å². The van der Waals surface area contributed by atoms with E-state index in [2.05, 4.69) is 161 Å². The molecule has 7 aromatic carbocycles. The van der Waals surface area contributed by atoms with Crippen LogP contribution in [-0.2, 0) is 0 Å². The minimum atomic E-state index is 0.880. The summed E-state index contributed by atoms with van der Waals surface area (Å²) in [6.07, 6.45) is 0. The van der Waals surface area contributed by atoms with Gasteiger partial charge in [-0.25, -0.2) is 0 Å². The van der Waals surface area contributed by atoms with Gasteiger partial charge in [0.15, 0.2) is 5.58 Å². The number of nitrogens with zero attached hydrogens (tertiary/aromatic N) is 2. The van der Waals surface area contributed by atoms with E-state index in [-0.39, 0.29) is 0 Å². The molecule has 0 aliphatic rings. The van der Waals surface area contributed by atoms with Crippen LogP contribution in [-0.4, -0.2) is 4.40 Å². The minimum Gasteiger partial charge on any atom is -0.454 e. The normalized spacial score (nSPS) is 12.0. The van der Waals surface area contributed by atoms with Crippen molar-refractivity contribution in [1.29, 1.82) is 0 Å². The first-order valence-electron chi connectivity index (χ1n) is 15.4. The van der Waals surface area contributed by atoms with Crippen molar-refractivity contribution >= 4 is 77.1 Å². The van der Waals surface area contributed by atoms with Crippen LogP contribution in [0.2, 0.25) is 0 Å². The summed E-state index contributed by atoms with van der Waals surface area (Å²) in [5.41, 5.74) is 11.1. The number of fused-ring (bicyclic) bond motifs is 9. The number of furan rings is 1. The van der Waals surface area contributed by atoms with E-state index >= 15 is 0 Å². The monoisotopic (exact) mass is 574 g/mol. The Balaban J connectivity index is 1.29. The molecule has 0 spiro atoms. The maximum absolute atomic E-state index is 6.62. The van der Waals surface area contributed by atoms with Gasteiger partial charge < -0.3 is 13.7 Å². The molecule has 0 radical (unpaired) electrons. The maximum atomic E-state index is 6.62. The highest BCUT2D eigenvalue weighted by Gasteiger charge is 2.23. The van der Waals surface area contributed by atoms with Gasteiger partial charge in [0.25, 0.3) is 0 Å². The van der Waals surface area contributed by atoms with Crippen LogP contribution >= 0.6 is 0 Å². The number of aromatic nitrogens is 1. The summed E-state index contributed by atoms with van der Waals surface area (Å²) in [6.45, 7) is 0. The molecule has 0 saturated heterocycles. The molecule has 0 fully saturated rings. The Morgan fingerprint density at radius 2 is 1.00 bits per heavy atom. The van der Waals surface area contributed by atoms with Gasteiger partial charge in [-0.05, 0) is 59.7 Å². The Labute approximate surface area is 259 Å². The summed E-state index contributed by atoms with van der Waals surface area (Å²) in [6, 6.07) is 56.4. The van der Waals surface area contributed by atoms with E-state index in [1.807, 2.05) is 6.07 Å². The maximum Gasteiger partial charge on any atom is 0.159 e. The van der Waals surface area contributed by atoms with E-state index in [1.165, 1.54) is 49.2 Å². The molecule has 3 nitrogen and oxygen atoms in total. The summed E-state index contributed by atoms with van der Waals surface area (Å²) in [4.78, 5) is 2.36. The number of benzene rings is 7. The van der Waals surface area contributed by atoms with Crippen LogP contribution in [0.1, 0.15) is 0 Å². The first-order chi connectivity index (χ1) is 22.3. The van der Waals surface area contributed by atoms with E-state index in [0.717, 1.165) is 39.0 Å². The fraction of sp³-hybridized carbons (Fsp3) is 0. The third-order valence-corrected chi connectivity index (χ3v) is 9.30. The predicted octanol–water partition coefficient (Wildman–Crippen LogP) is 11.9. The van der Waals surface area contributed by atoms with Crippen molar-refractivity contribution in [2.24, 2.45) is 0 Å². The van der Waals surface area contributed by atoms with Gasteiger partial charge in [0, 0.05) is 43.7 Å². The van der Waals surface area contributed by atoms with Crippen LogP contribution < -0.4 is 4.90 Å². The van der Waals surface area contributed by atoms with Gasteiger partial charge in [0.05, 0.1) is 22.2 Å². The molecule has 0 aliphatic carbocycles. The number of anilines is 3. The molecular weight excluding hydrogens is 548 g/mol. The second-order valence-electron chi connectivity index (χ2n) is 11.8. The Hall–Kier alpha value is -6.06.